The van der Waals surface area contributed by atoms with E-state index in [4.69, 9.17) is 43.4 Å². The molecule has 0 radical (unpaired) electrons. The van der Waals surface area contributed by atoms with Crippen molar-refractivity contribution in [2.75, 3.05) is 7.11 Å². The van der Waals surface area contributed by atoms with Crippen LogP contribution >= 0.6 is 23.2 Å². The number of hydrogen-bond donors (Lipinski definition) is 2. The lowest BCUT2D eigenvalue weighted by Gasteiger charge is -2.23. The van der Waals surface area contributed by atoms with Crippen LogP contribution < -0.4 is 21.3 Å². The van der Waals surface area contributed by atoms with Gasteiger partial charge in [0.05, 0.1) is 34.5 Å². The quantitative estimate of drug-likeness (QED) is 0.184. The topological polar surface area (TPSA) is 155 Å². The molecule has 2 aromatic carbocycles. The summed E-state index contributed by atoms with van der Waals surface area (Å²) < 4.78 is 12.4. The number of pyridine rings is 2. The molecule has 244 valence electrons. The first kappa shape index (κ1) is 32.7. The van der Waals surface area contributed by atoms with Crippen LogP contribution in [0.25, 0.3) is 39.2 Å². The molecule has 5 aromatic rings. The highest BCUT2D eigenvalue weighted by Gasteiger charge is 2.32. The number of aryl methyl sites for hydroxylation is 1. The molecule has 2 atom stereocenters. The summed E-state index contributed by atoms with van der Waals surface area (Å²) in [5.41, 5.74) is 10.4. The van der Waals surface area contributed by atoms with Crippen LogP contribution in [-0.2, 0) is 16.0 Å². The first-order valence-electron chi connectivity index (χ1n) is 14.9. The number of aldehydes is 1. The van der Waals surface area contributed by atoms with Crippen molar-refractivity contribution in [3.05, 3.63) is 104 Å². The summed E-state index contributed by atoms with van der Waals surface area (Å²) in [5.74, 6) is 0.185. The first-order valence-corrected chi connectivity index (χ1v) is 15.7. The number of carbonyl (C=O) groups is 3. The standard InChI is InChI=1S/C35H29Cl2N5O6/c1-18-13-20(15-29-39-16-21(17-43)34(45)42(18)29)22-5-3-6-23(31(22)36)24-7-4-8-25(32(24)37)26-10-9-19(33(41-26)47-2)14-28(48-35(38)46)27-11-12-30(44)40-27/h3-10,13,15-17,27-28H,11-12,14H2,1-2H3,(H2,38,46)(H,40,44). The number of rotatable bonds is 9. The maximum absolute atomic E-state index is 12.7. The van der Waals surface area contributed by atoms with Gasteiger partial charge in [0, 0.05) is 52.5 Å². The molecule has 3 aromatic heterocycles. The number of carbonyl (C=O) groups excluding carboxylic acids is 3. The molecule has 1 fully saturated rings. The largest absolute Gasteiger partial charge is 0.481 e. The molecule has 1 saturated heterocycles. The summed E-state index contributed by atoms with van der Waals surface area (Å²) in [7, 11) is 1.49. The second-order valence-corrected chi connectivity index (χ2v) is 12.1. The van der Waals surface area contributed by atoms with Gasteiger partial charge in [0.25, 0.3) is 5.56 Å². The van der Waals surface area contributed by atoms with Crippen LogP contribution in [0.15, 0.2) is 71.7 Å². The minimum atomic E-state index is -0.938. The van der Waals surface area contributed by atoms with E-state index in [1.807, 2.05) is 48.5 Å². The average Bonchev–Trinajstić information content (AvgIpc) is 3.51. The van der Waals surface area contributed by atoms with Crippen molar-refractivity contribution >= 4 is 47.1 Å². The predicted octanol–water partition coefficient (Wildman–Crippen LogP) is 5.81. The third-order valence-electron chi connectivity index (χ3n) is 8.32. The van der Waals surface area contributed by atoms with Crippen LogP contribution in [0.4, 0.5) is 4.79 Å². The van der Waals surface area contributed by atoms with E-state index in [0.29, 0.717) is 79.9 Å². The molecular weight excluding hydrogens is 657 g/mol. The van der Waals surface area contributed by atoms with Gasteiger partial charge in [-0.1, -0.05) is 65.7 Å². The summed E-state index contributed by atoms with van der Waals surface area (Å²) in [4.78, 5) is 56.5. The Balaban J connectivity index is 1.35. The highest BCUT2D eigenvalue weighted by Crippen LogP contribution is 2.42. The first-order chi connectivity index (χ1) is 23.1. The van der Waals surface area contributed by atoms with Crippen molar-refractivity contribution in [3.8, 4) is 39.4 Å². The number of fused-ring (bicyclic) bond motifs is 1. The molecule has 4 heterocycles. The molecule has 13 heteroatoms. The highest BCUT2D eigenvalue weighted by atomic mass is 35.5. The number of nitrogens with zero attached hydrogens (tertiary/aromatic N) is 3. The van der Waals surface area contributed by atoms with E-state index in [0.717, 1.165) is 5.56 Å². The maximum atomic E-state index is 12.7. The zero-order chi connectivity index (χ0) is 34.1. The van der Waals surface area contributed by atoms with Crippen molar-refractivity contribution in [3.63, 3.8) is 0 Å². The zero-order valence-electron chi connectivity index (χ0n) is 25.8. The summed E-state index contributed by atoms with van der Waals surface area (Å²) in [6.07, 6.45) is 1.18. The molecule has 2 amide bonds. The molecule has 0 saturated carbocycles. The fraction of sp³-hybridized carbons (Fsp3) is 0.200. The summed E-state index contributed by atoms with van der Waals surface area (Å²) in [6.45, 7) is 1.76. The molecular formula is C35H29Cl2N5O6. The molecule has 0 bridgehead atoms. The van der Waals surface area contributed by atoms with Gasteiger partial charge in [0.1, 0.15) is 11.8 Å². The SMILES string of the molecule is COc1nc(-c2cccc(-c3cccc(-c4cc(C)n5c(=O)c(C=O)cnc5c4)c3Cl)c2Cl)ccc1CC(OC(N)=O)C1CCC(=O)N1. The maximum Gasteiger partial charge on any atom is 0.404 e. The van der Waals surface area contributed by atoms with Gasteiger partial charge in [-0.3, -0.25) is 18.8 Å². The minimum absolute atomic E-state index is 0.0278. The summed E-state index contributed by atoms with van der Waals surface area (Å²) >= 11 is 14.1. The van der Waals surface area contributed by atoms with Crippen LogP contribution in [0.2, 0.25) is 10.0 Å². The van der Waals surface area contributed by atoms with E-state index in [2.05, 4.69) is 10.3 Å². The summed E-state index contributed by atoms with van der Waals surface area (Å²) in [5, 5.41) is 3.68. The van der Waals surface area contributed by atoms with Gasteiger partial charge < -0.3 is 20.5 Å². The van der Waals surface area contributed by atoms with Crippen molar-refractivity contribution in [2.45, 2.75) is 38.3 Å². The number of hydrogen-bond acceptors (Lipinski definition) is 8. The van der Waals surface area contributed by atoms with E-state index < -0.39 is 17.8 Å². The Morgan fingerprint density at radius 1 is 1.06 bits per heavy atom. The molecule has 48 heavy (non-hydrogen) atoms. The molecule has 1 aliphatic rings. The van der Waals surface area contributed by atoms with Gasteiger partial charge in [-0.25, -0.2) is 14.8 Å². The zero-order valence-corrected chi connectivity index (χ0v) is 27.3. The number of nitrogens with one attached hydrogen (secondary N) is 1. The van der Waals surface area contributed by atoms with Crippen LogP contribution in [-0.4, -0.2) is 51.9 Å². The second kappa shape index (κ2) is 13.5. The number of benzene rings is 2. The number of ether oxygens (including phenoxy) is 2. The number of methoxy groups -OCH3 is 1. The average molecular weight is 687 g/mol. The van der Waals surface area contributed by atoms with E-state index in [1.54, 1.807) is 19.1 Å². The Labute approximate surface area is 284 Å². The van der Waals surface area contributed by atoms with Gasteiger partial charge in [-0.15, -0.1) is 0 Å². The predicted molar refractivity (Wildman–Crippen MR) is 182 cm³/mol. The number of amides is 2. The second-order valence-electron chi connectivity index (χ2n) is 11.3. The van der Waals surface area contributed by atoms with E-state index in [-0.39, 0.29) is 23.9 Å². The summed E-state index contributed by atoms with van der Waals surface area (Å²) in [6, 6.07) is 17.9. The van der Waals surface area contributed by atoms with Crippen LogP contribution in [0.3, 0.4) is 0 Å². The van der Waals surface area contributed by atoms with E-state index in [1.165, 1.54) is 17.7 Å². The molecule has 2 unspecified atom stereocenters. The molecule has 11 nitrogen and oxygen atoms in total. The lowest BCUT2D eigenvalue weighted by atomic mass is 9.96. The highest BCUT2D eigenvalue weighted by molar-refractivity contribution is 6.39. The van der Waals surface area contributed by atoms with Gasteiger partial charge in [-0.2, -0.15) is 0 Å². The van der Waals surface area contributed by atoms with Gasteiger partial charge in [-0.05, 0) is 37.1 Å². The van der Waals surface area contributed by atoms with Crippen molar-refractivity contribution in [1.29, 1.82) is 0 Å². The lowest BCUT2D eigenvalue weighted by Crippen LogP contribution is -2.42. The Bertz CT molecular complexity index is 2170. The fourth-order valence-corrected chi connectivity index (χ4v) is 6.69. The number of halogens is 2. The molecule has 0 aliphatic carbocycles. The molecule has 1 aliphatic heterocycles. The van der Waals surface area contributed by atoms with Crippen LogP contribution in [0.1, 0.15) is 34.5 Å². The van der Waals surface area contributed by atoms with Crippen molar-refractivity contribution in [1.82, 2.24) is 19.7 Å². The smallest absolute Gasteiger partial charge is 0.404 e. The number of primary amides is 1. The van der Waals surface area contributed by atoms with Crippen molar-refractivity contribution < 1.29 is 23.9 Å². The fourth-order valence-electron chi connectivity index (χ4n) is 6.03. The molecule has 0 spiro atoms. The Hall–Kier alpha value is -5.26. The number of nitrogens with two attached hydrogens (primary N) is 1. The van der Waals surface area contributed by atoms with Crippen LogP contribution in [0, 0.1) is 6.92 Å². The number of aromatic nitrogens is 3. The van der Waals surface area contributed by atoms with E-state index in [9.17, 15) is 19.2 Å². The Kier molecular flexibility index (Phi) is 9.16. The Morgan fingerprint density at radius 3 is 2.40 bits per heavy atom. The van der Waals surface area contributed by atoms with Crippen molar-refractivity contribution in [2.24, 2.45) is 5.73 Å². The minimum Gasteiger partial charge on any atom is -0.481 e. The third kappa shape index (κ3) is 6.22. The normalized spacial score (nSPS) is 14.8. The van der Waals surface area contributed by atoms with Gasteiger partial charge >= 0.3 is 6.09 Å². The molecule has 6 rings (SSSR count). The van der Waals surface area contributed by atoms with Gasteiger partial charge in [0.2, 0.25) is 11.8 Å². The van der Waals surface area contributed by atoms with E-state index >= 15 is 0 Å². The third-order valence-corrected chi connectivity index (χ3v) is 9.13. The van der Waals surface area contributed by atoms with Crippen LogP contribution in [0.5, 0.6) is 5.88 Å². The Morgan fingerprint density at radius 2 is 1.75 bits per heavy atom. The monoisotopic (exact) mass is 685 g/mol. The van der Waals surface area contributed by atoms with Gasteiger partial charge in [0.15, 0.2) is 6.29 Å². The molecule has 3 N–H and O–H groups in total. The lowest BCUT2D eigenvalue weighted by molar-refractivity contribution is -0.119.